The molecule has 1 N–H and O–H groups in total. The second-order valence-corrected chi connectivity index (χ2v) is 6.11. The number of ether oxygens (including phenoxy) is 1. The molecule has 0 bridgehead atoms. The average Bonchev–Trinajstić information content (AvgIpc) is 2.97. The average molecular weight is 377 g/mol. The zero-order valence-electron chi connectivity index (χ0n) is 11.4. The van der Waals surface area contributed by atoms with Gasteiger partial charge in [0, 0.05) is 6.20 Å². The van der Waals surface area contributed by atoms with Gasteiger partial charge in [-0.05, 0) is 55.3 Å². The van der Waals surface area contributed by atoms with Gasteiger partial charge in [-0.3, -0.25) is 9.48 Å². The number of halogens is 1. The molecule has 1 aliphatic carbocycles. The van der Waals surface area contributed by atoms with Gasteiger partial charge >= 0.3 is 5.97 Å². The lowest BCUT2D eigenvalue weighted by Gasteiger charge is -2.27. The van der Waals surface area contributed by atoms with Crippen LogP contribution in [0, 0.1) is 3.57 Å². The molecule has 6 heteroatoms. The smallest absolute Gasteiger partial charge is 0.326 e. The molecule has 1 fully saturated rings. The maximum atomic E-state index is 12.2. The fraction of sp³-hybridized carbons (Fsp3) is 0.692. The minimum absolute atomic E-state index is 0.124. The van der Waals surface area contributed by atoms with Crippen LogP contribution in [0.3, 0.4) is 0 Å². The van der Waals surface area contributed by atoms with Gasteiger partial charge < -0.3 is 10.1 Å². The number of carbonyl (C=O) groups is 1. The number of likely N-dealkylation sites (N-methyl/N-ethyl adjacent to an activating group) is 1. The summed E-state index contributed by atoms with van der Waals surface area (Å²) in [6, 6.07) is 0.270. The van der Waals surface area contributed by atoms with Crippen molar-refractivity contribution < 1.29 is 9.53 Å². The quantitative estimate of drug-likeness (QED) is 0.631. The zero-order chi connectivity index (χ0) is 13.9. The van der Waals surface area contributed by atoms with E-state index in [1.54, 1.807) is 0 Å². The molecule has 0 saturated heterocycles. The van der Waals surface area contributed by atoms with Crippen molar-refractivity contribution in [3.63, 3.8) is 0 Å². The van der Waals surface area contributed by atoms with Crippen LogP contribution in [0.2, 0.25) is 0 Å². The van der Waals surface area contributed by atoms with Crippen LogP contribution >= 0.6 is 22.6 Å². The summed E-state index contributed by atoms with van der Waals surface area (Å²) in [5.74, 6) is -0.124. The second kappa shape index (κ2) is 6.21. The van der Waals surface area contributed by atoms with Gasteiger partial charge in [-0.2, -0.15) is 5.10 Å². The fourth-order valence-electron chi connectivity index (χ4n) is 2.79. The summed E-state index contributed by atoms with van der Waals surface area (Å²) >= 11 is 2.25. The molecule has 19 heavy (non-hydrogen) atoms. The highest BCUT2D eigenvalue weighted by molar-refractivity contribution is 14.1. The number of esters is 1. The van der Waals surface area contributed by atoms with E-state index in [1.165, 1.54) is 0 Å². The molecule has 2 atom stereocenters. The highest BCUT2D eigenvalue weighted by atomic mass is 127. The Kier molecular flexibility index (Phi) is 4.83. The van der Waals surface area contributed by atoms with Crippen molar-refractivity contribution >= 4 is 28.6 Å². The predicted molar refractivity (Wildman–Crippen MR) is 80.9 cm³/mol. The molecular formula is C13H20IN3O2. The molecule has 0 aromatic carbocycles. The number of hydrogen-bond donors (Lipinski definition) is 1. The Morgan fingerprint density at radius 2 is 2.47 bits per heavy atom. The topological polar surface area (TPSA) is 56.1 Å². The van der Waals surface area contributed by atoms with E-state index in [0.29, 0.717) is 6.61 Å². The molecular weight excluding hydrogens is 357 g/mol. The van der Waals surface area contributed by atoms with Crippen molar-refractivity contribution in [2.45, 2.75) is 44.7 Å². The molecule has 2 rings (SSSR count). The Morgan fingerprint density at radius 3 is 3.05 bits per heavy atom. The SMILES string of the molecule is CCNC1(C(=O)OCC)CCC(n2cc(I)cn2)C1. The summed E-state index contributed by atoms with van der Waals surface area (Å²) in [6.45, 7) is 5.06. The van der Waals surface area contributed by atoms with Gasteiger partial charge in [0.15, 0.2) is 0 Å². The van der Waals surface area contributed by atoms with Gasteiger partial charge in [0.25, 0.3) is 0 Å². The van der Waals surface area contributed by atoms with E-state index in [-0.39, 0.29) is 12.0 Å². The Morgan fingerprint density at radius 1 is 1.68 bits per heavy atom. The van der Waals surface area contributed by atoms with Crippen molar-refractivity contribution in [2.75, 3.05) is 13.2 Å². The van der Waals surface area contributed by atoms with Gasteiger partial charge in [0.2, 0.25) is 0 Å². The van der Waals surface area contributed by atoms with Crippen LogP contribution < -0.4 is 5.32 Å². The second-order valence-electron chi connectivity index (χ2n) is 4.87. The van der Waals surface area contributed by atoms with Gasteiger partial charge in [-0.15, -0.1) is 0 Å². The number of aromatic nitrogens is 2. The van der Waals surface area contributed by atoms with Crippen molar-refractivity contribution in [3.8, 4) is 0 Å². The third kappa shape index (κ3) is 3.10. The minimum Gasteiger partial charge on any atom is -0.465 e. The first-order chi connectivity index (χ1) is 9.11. The lowest BCUT2D eigenvalue weighted by atomic mass is 9.97. The van der Waals surface area contributed by atoms with E-state index < -0.39 is 5.54 Å². The van der Waals surface area contributed by atoms with E-state index in [2.05, 4.69) is 33.0 Å². The summed E-state index contributed by atoms with van der Waals surface area (Å²) in [7, 11) is 0. The number of hydrogen-bond acceptors (Lipinski definition) is 4. The van der Waals surface area contributed by atoms with Crippen molar-refractivity contribution in [1.29, 1.82) is 0 Å². The van der Waals surface area contributed by atoms with Gasteiger partial charge in [-0.1, -0.05) is 6.92 Å². The number of nitrogens with one attached hydrogen (secondary N) is 1. The van der Waals surface area contributed by atoms with E-state index >= 15 is 0 Å². The molecule has 2 unspecified atom stereocenters. The van der Waals surface area contributed by atoms with Gasteiger partial charge in [-0.25, -0.2) is 0 Å². The minimum atomic E-state index is -0.535. The molecule has 5 nitrogen and oxygen atoms in total. The maximum Gasteiger partial charge on any atom is 0.326 e. The van der Waals surface area contributed by atoms with Crippen molar-refractivity contribution in [3.05, 3.63) is 16.0 Å². The van der Waals surface area contributed by atoms with Gasteiger partial charge in [0.05, 0.1) is 22.4 Å². The van der Waals surface area contributed by atoms with Crippen LogP contribution in [-0.4, -0.2) is 34.4 Å². The van der Waals surface area contributed by atoms with Crippen LogP contribution in [0.4, 0.5) is 0 Å². The normalized spacial score (nSPS) is 26.6. The number of rotatable bonds is 5. The zero-order valence-corrected chi connectivity index (χ0v) is 13.5. The van der Waals surface area contributed by atoms with E-state index in [1.807, 2.05) is 30.9 Å². The Hall–Kier alpha value is -0.630. The van der Waals surface area contributed by atoms with Crippen LogP contribution in [0.5, 0.6) is 0 Å². The van der Waals surface area contributed by atoms with Gasteiger partial charge in [0.1, 0.15) is 5.54 Å². The van der Waals surface area contributed by atoms with E-state index in [9.17, 15) is 4.79 Å². The Labute approximate surface area is 127 Å². The largest absolute Gasteiger partial charge is 0.465 e. The highest BCUT2D eigenvalue weighted by Gasteiger charge is 2.46. The van der Waals surface area contributed by atoms with Crippen LogP contribution in [-0.2, 0) is 9.53 Å². The monoisotopic (exact) mass is 377 g/mol. The molecule has 0 radical (unpaired) electrons. The lowest BCUT2D eigenvalue weighted by Crippen LogP contribution is -2.51. The first kappa shape index (κ1) is 14.8. The molecule has 1 heterocycles. The van der Waals surface area contributed by atoms with Crippen LogP contribution in [0.1, 0.15) is 39.2 Å². The molecule has 0 amide bonds. The highest BCUT2D eigenvalue weighted by Crippen LogP contribution is 2.38. The predicted octanol–water partition coefficient (Wildman–Crippen LogP) is 2.12. The third-order valence-electron chi connectivity index (χ3n) is 3.61. The fourth-order valence-corrected chi connectivity index (χ4v) is 3.20. The van der Waals surface area contributed by atoms with Crippen LogP contribution in [0.25, 0.3) is 0 Å². The molecule has 1 aromatic heterocycles. The Bertz CT molecular complexity index is 449. The van der Waals surface area contributed by atoms with E-state index in [0.717, 1.165) is 29.4 Å². The molecule has 1 saturated carbocycles. The molecule has 1 aliphatic rings. The maximum absolute atomic E-state index is 12.2. The molecule has 0 spiro atoms. The summed E-state index contributed by atoms with van der Waals surface area (Å²) in [5, 5.41) is 7.69. The first-order valence-electron chi connectivity index (χ1n) is 6.73. The molecule has 106 valence electrons. The van der Waals surface area contributed by atoms with Crippen molar-refractivity contribution in [1.82, 2.24) is 15.1 Å². The van der Waals surface area contributed by atoms with E-state index in [4.69, 9.17) is 4.74 Å². The molecule has 1 aromatic rings. The number of nitrogens with zero attached hydrogens (tertiary/aromatic N) is 2. The summed E-state index contributed by atoms with van der Waals surface area (Å²) in [4.78, 5) is 12.2. The summed E-state index contributed by atoms with van der Waals surface area (Å²) < 4.78 is 8.33. The lowest BCUT2D eigenvalue weighted by molar-refractivity contribution is -0.151. The summed E-state index contributed by atoms with van der Waals surface area (Å²) in [5.41, 5.74) is -0.535. The molecule has 0 aliphatic heterocycles. The standard InChI is InChI=1S/C13H20IN3O2/c1-3-15-13(12(18)19-4-2)6-5-11(7-13)17-9-10(14)8-16-17/h8-9,11,15H,3-7H2,1-2H3. The third-order valence-corrected chi connectivity index (χ3v) is 4.17. The first-order valence-corrected chi connectivity index (χ1v) is 7.81. The summed E-state index contributed by atoms with van der Waals surface area (Å²) in [6.07, 6.45) is 6.37. The number of carbonyl (C=O) groups excluding carboxylic acids is 1. The Balaban J connectivity index is 2.13. The van der Waals surface area contributed by atoms with Crippen LogP contribution in [0.15, 0.2) is 12.4 Å². The van der Waals surface area contributed by atoms with Crippen molar-refractivity contribution in [2.24, 2.45) is 0 Å².